The lowest BCUT2D eigenvalue weighted by Gasteiger charge is -2.08. The number of anilines is 1. The smallest absolute Gasteiger partial charge is 0.256 e. The number of hydrogen-bond donors (Lipinski definition) is 2. The Balaban J connectivity index is 2.58. The van der Waals surface area contributed by atoms with Gasteiger partial charge in [0.2, 0.25) is 0 Å². The van der Waals surface area contributed by atoms with Crippen LogP contribution in [0.4, 0.5) is 5.82 Å². The average Bonchev–Trinajstić information content (AvgIpc) is 2.28. The highest BCUT2D eigenvalue weighted by atomic mass is 16.1. The van der Waals surface area contributed by atoms with E-state index in [1.54, 1.807) is 6.20 Å². The fourth-order valence-electron chi connectivity index (χ4n) is 1.60. The summed E-state index contributed by atoms with van der Waals surface area (Å²) in [4.78, 5) is 26.6. The number of rotatable bonds is 2. The molecule has 0 amide bonds. The molecule has 17 heavy (non-hydrogen) atoms. The lowest BCUT2D eigenvalue weighted by Crippen LogP contribution is -2.19. The van der Waals surface area contributed by atoms with Gasteiger partial charge in [-0.1, -0.05) is 13.8 Å². The Labute approximate surface area is 98.0 Å². The van der Waals surface area contributed by atoms with E-state index < -0.39 is 0 Å². The first-order valence-electron chi connectivity index (χ1n) is 5.25. The number of H-pyrrole nitrogens is 1. The van der Waals surface area contributed by atoms with Gasteiger partial charge in [-0.15, -0.1) is 0 Å². The van der Waals surface area contributed by atoms with E-state index in [9.17, 15) is 4.79 Å². The molecule has 0 radical (unpaired) electrons. The molecule has 3 N–H and O–H groups in total. The average molecular weight is 231 g/mol. The summed E-state index contributed by atoms with van der Waals surface area (Å²) in [5.74, 6) is 0.608. The zero-order chi connectivity index (χ0) is 12.4. The number of aromatic amines is 1. The summed E-state index contributed by atoms with van der Waals surface area (Å²) >= 11 is 0. The molecular formula is C11H13N5O. The molecule has 0 aliphatic carbocycles. The predicted molar refractivity (Wildman–Crippen MR) is 64.4 cm³/mol. The van der Waals surface area contributed by atoms with Crippen LogP contribution in [0.5, 0.6) is 0 Å². The maximum absolute atomic E-state index is 11.9. The highest BCUT2D eigenvalue weighted by Gasteiger charge is 2.13. The molecule has 0 atom stereocenters. The van der Waals surface area contributed by atoms with Gasteiger partial charge in [-0.2, -0.15) is 0 Å². The molecule has 2 rings (SSSR count). The number of nitrogens with one attached hydrogen (secondary N) is 1. The third-order valence-corrected chi connectivity index (χ3v) is 2.37. The normalized spacial score (nSPS) is 10.8. The summed E-state index contributed by atoms with van der Waals surface area (Å²) < 4.78 is 0. The zero-order valence-corrected chi connectivity index (χ0v) is 9.64. The summed E-state index contributed by atoms with van der Waals surface area (Å²) in [6, 6.07) is 0. The largest absolute Gasteiger partial charge is 0.383 e. The van der Waals surface area contributed by atoms with Crippen LogP contribution < -0.4 is 11.3 Å². The molecule has 0 spiro atoms. The minimum Gasteiger partial charge on any atom is -0.383 e. The SMILES string of the molecule is CC(C)c1c(N)nc(-c2cnccn2)[nH]c1=O. The molecule has 0 unspecified atom stereocenters. The Morgan fingerprint density at radius 1 is 1.35 bits per heavy atom. The monoisotopic (exact) mass is 231 g/mol. The summed E-state index contributed by atoms with van der Waals surface area (Å²) in [6.45, 7) is 3.79. The standard InChI is InChI=1S/C11H13N5O/c1-6(2)8-9(12)15-10(16-11(8)17)7-5-13-3-4-14-7/h3-6H,1-2H3,(H3,12,15,16,17). The van der Waals surface area contributed by atoms with E-state index in [4.69, 9.17) is 5.73 Å². The van der Waals surface area contributed by atoms with Crippen molar-refractivity contribution in [2.75, 3.05) is 5.73 Å². The quantitative estimate of drug-likeness (QED) is 0.801. The molecule has 88 valence electrons. The van der Waals surface area contributed by atoms with Gasteiger partial charge >= 0.3 is 0 Å². The van der Waals surface area contributed by atoms with Crippen LogP contribution in [-0.2, 0) is 0 Å². The second-order valence-corrected chi connectivity index (χ2v) is 3.96. The maximum Gasteiger partial charge on any atom is 0.256 e. The molecule has 0 saturated heterocycles. The Bertz CT molecular complexity index is 576. The van der Waals surface area contributed by atoms with Gasteiger partial charge in [0.1, 0.15) is 11.5 Å². The van der Waals surface area contributed by atoms with Crippen molar-refractivity contribution in [2.45, 2.75) is 19.8 Å². The van der Waals surface area contributed by atoms with E-state index in [0.29, 0.717) is 17.1 Å². The second kappa shape index (κ2) is 4.32. The summed E-state index contributed by atoms with van der Waals surface area (Å²) in [5.41, 5.74) is 6.54. The van der Waals surface area contributed by atoms with Gasteiger partial charge in [0.05, 0.1) is 11.8 Å². The molecule has 0 bridgehead atoms. The van der Waals surface area contributed by atoms with Crippen LogP contribution in [0.1, 0.15) is 25.3 Å². The summed E-state index contributed by atoms with van der Waals surface area (Å²) in [5, 5.41) is 0. The van der Waals surface area contributed by atoms with E-state index in [2.05, 4.69) is 19.9 Å². The van der Waals surface area contributed by atoms with Crippen LogP contribution >= 0.6 is 0 Å². The zero-order valence-electron chi connectivity index (χ0n) is 9.64. The van der Waals surface area contributed by atoms with E-state index in [1.807, 2.05) is 13.8 Å². The van der Waals surface area contributed by atoms with Crippen molar-refractivity contribution in [3.63, 3.8) is 0 Å². The highest BCUT2D eigenvalue weighted by molar-refractivity contribution is 5.52. The fraction of sp³-hybridized carbons (Fsp3) is 0.273. The third kappa shape index (κ3) is 2.15. The molecule has 2 heterocycles. The van der Waals surface area contributed by atoms with Gasteiger partial charge in [0.15, 0.2) is 5.82 Å². The number of aromatic nitrogens is 4. The highest BCUT2D eigenvalue weighted by Crippen LogP contribution is 2.17. The van der Waals surface area contributed by atoms with Gasteiger partial charge in [-0.3, -0.25) is 9.78 Å². The molecule has 0 saturated carbocycles. The Morgan fingerprint density at radius 2 is 2.12 bits per heavy atom. The first kappa shape index (κ1) is 11.3. The van der Waals surface area contributed by atoms with Gasteiger partial charge in [-0.05, 0) is 5.92 Å². The lowest BCUT2D eigenvalue weighted by molar-refractivity contribution is 0.836. The number of hydrogen-bond acceptors (Lipinski definition) is 5. The third-order valence-electron chi connectivity index (χ3n) is 2.37. The molecule has 0 aliphatic rings. The van der Waals surface area contributed by atoms with E-state index in [-0.39, 0.29) is 17.3 Å². The van der Waals surface area contributed by atoms with Crippen LogP contribution in [0.15, 0.2) is 23.4 Å². The minimum atomic E-state index is -0.229. The van der Waals surface area contributed by atoms with Crippen LogP contribution in [0.3, 0.4) is 0 Å². The van der Waals surface area contributed by atoms with Crippen LogP contribution in [0, 0.1) is 0 Å². The first-order chi connectivity index (χ1) is 8.09. The number of nitrogens with two attached hydrogens (primary N) is 1. The van der Waals surface area contributed by atoms with E-state index in [1.165, 1.54) is 12.4 Å². The molecule has 0 fully saturated rings. The summed E-state index contributed by atoms with van der Waals surface area (Å²) in [6.07, 6.45) is 4.60. The fourth-order valence-corrected chi connectivity index (χ4v) is 1.60. The van der Waals surface area contributed by atoms with Gasteiger partial charge in [-0.25, -0.2) is 9.97 Å². The van der Waals surface area contributed by atoms with Crippen molar-refractivity contribution in [1.82, 2.24) is 19.9 Å². The number of nitrogen functional groups attached to an aromatic ring is 1. The Morgan fingerprint density at radius 3 is 2.65 bits per heavy atom. The van der Waals surface area contributed by atoms with Crippen LogP contribution in [-0.4, -0.2) is 19.9 Å². The van der Waals surface area contributed by atoms with Gasteiger partial charge in [0.25, 0.3) is 5.56 Å². The van der Waals surface area contributed by atoms with Crippen LogP contribution in [0.25, 0.3) is 11.5 Å². The molecule has 2 aromatic heterocycles. The van der Waals surface area contributed by atoms with Crippen molar-refractivity contribution in [1.29, 1.82) is 0 Å². The van der Waals surface area contributed by atoms with Crippen molar-refractivity contribution in [3.05, 3.63) is 34.5 Å². The van der Waals surface area contributed by atoms with E-state index in [0.717, 1.165) is 0 Å². The van der Waals surface area contributed by atoms with E-state index >= 15 is 0 Å². The first-order valence-corrected chi connectivity index (χ1v) is 5.25. The molecule has 6 nitrogen and oxygen atoms in total. The Hall–Kier alpha value is -2.24. The minimum absolute atomic E-state index is 0.0298. The van der Waals surface area contributed by atoms with Crippen LogP contribution in [0.2, 0.25) is 0 Å². The molecule has 0 aromatic carbocycles. The van der Waals surface area contributed by atoms with Crippen molar-refractivity contribution >= 4 is 5.82 Å². The lowest BCUT2D eigenvalue weighted by atomic mass is 10.1. The van der Waals surface area contributed by atoms with Crippen molar-refractivity contribution in [2.24, 2.45) is 0 Å². The number of nitrogens with zero attached hydrogens (tertiary/aromatic N) is 3. The Kier molecular flexibility index (Phi) is 2.86. The topological polar surface area (TPSA) is 97.5 Å². The summed E-state index contributed by atoms with van der Waals surface area (Å²) in [7, 11) is 0. The molecule has 0 aliphatic heterocycles. The predicted octanol–water partition coefficient (Wildman–Crippen LogP) is 0.932. The molecule has 2 aromatic rings. The van der Waals surface area contributed by atoms with Crippen molar-refractivity contribution in [3.8, 4) is 11.5 Å². The molecular weight excluding hydrogens is 218 g/mol. The van der Waals surface area contributed by atoms with Gasteiger partial charge < -0.3 is 10.7 Å². The maximum atomic E-state index is 11.9. The molecule has 6 heteroatoms. The van der Waals surface area contributed by atoms with Gasteiger partial charge in [0, 0.05) is 12.4 Å². The second-order valence-electron chi connectivity index (χ2n) is 3.96. The van der Waals surface area contributed by atoms with Crippen molar-refractivity contribution < 1.29 is 0 Å².